The van der Waals surface area contributed by atoms with Crippen LogP contribution in [-0.4, -0.2) is 17.9 Å². The van der Waals surface area contributed by atoms with Gasteiger partial charge in [-0.15, -0.1) is 11.3 Å². The number of hydrogen-bond acceptors (Lipinski definition) is 4. The van der Waals surface area contributed by atoms with Crippen LogP contribution in [0.15, 0.2) is 18.2 Å². The SMILES string of the molecule is CNc1ccc(Cl)cc1C(=O)Nc1nc(C)c(C)s1. The van der Waals surface area contributed by atoms with E-state index in [1.165, 1.54) is 11.3 Å². The van der Waals surface area contributed by atoms with Crippen LogP contribution in [0, 0.1) is 13.8 Å². The molecule has 6 heteroatoms. The van der Waals surface area contributed by atoms with Crippen LogP contribution in [0.4, 0.5) is 10.8 Å². The first-order chi connectivity index (χ1) is 9.01. The maximum atomic E-state index is 12.2. The van der Waals surface area contributed by atoms with E-state index in [9.17, 15) is 4.79 Å². The van der Waals surface area contributed by atoms with Gasteiger partial charge in [0.25, 0.3) is 5.91 Å². The van der Waals surface area contributed by atoms with Crippen molar-refractivity contribution in [3.05, 3.63) is 39.4 Å². The van der Waals surface area contributed by atoms with Crippen molar-refractivity contribution in [3.8, 4) is 0 Å². The van der Waals surface area contributed by atoms with Crippen molar-refractivity contribution in [2.24, 2.45) is 0 Å². The number of anilines is 2. The van der Waals surface area contributed by atoms with Crippen LogP contribution in [0.5, 0.6) is 0 Å². The number of thiazole rings is 1. The predicted octanol–water partition coefficient (Wildman–Crippen LogP) is 3.71. The number of carbonyl (C=O) groups excluding carboxylic acids is 1. The fourth-order valence-electron chi connectivity index (χ4n) is 1.61. The molecule has 0 aliphatic heterocycles. The topological polar surface area (TPSA) is 54.0 Å². The first kappa shape index (κ1) is 13.8. The molecule has 0 aliphatic rings. The van der Waals surface area contributed by atoms with E-state index in [1.54, 1.807) is 25.2 Å². The lowest BCUT2D eigenvalue weighted by Crippen LogP contribution is -2.13. The number of nitrogens with one attached hydrogen (secondary N) is 2. The van der Waals surface area contributed by atoms with Crippen molar-refractivity contribution in [2.45, 2.75) is 13.8 Å². The van der Waals surface area contributed by atoms with Crippen LogP contribution in [0.2, 0.25) is 5.02 Å². The van der Waals surface area contributed by atoms with Gasteiger partial charge < -0.3 is 5.32 Å². The standard InChI is InChI=1S/C13H14ClN3OS/c1-7-8(2)19-13(16-7)17-12(18)10-6-9(14)4-5-11(10)15-3/h4-6,15H,1-3H3,(H,16,17,18). The van der Waals surface area contributed by atoms with E-state index in [0.29, 0.717) is 15.7 Å². The van der Waals surface area contributed by atoms with Crippen LogP contribution in [0.1, 0.15) is 20.9 Å². The van der Waals surface area contributed by atoms with Gasteiger partial charge in [-0.1, -0.05) is 11.6 Å². The lowest BCUT2D eigenvalue weighted by Gasteiger charge is -2.08. The number of aryl methyl sites for hydroxylation is 2. The molecule has 0 radical (unpaired) electrons. The van der Waals surface area contributed by atoms with Crippen molar-refractivity contribution in [2.75, 3.05) is 17.7 Å². The zero-order chi connectivity index (χ0) is 14.0. The second-order valence-corrected chi connectivity index (χ2v) is 5.69. The molecule has 0 fully saturated rings. The second-order valence-electron chi connectivity index (χ2n) is 4.05. The summed E-state index contributed by atoms with van der Waals surface area (Å²) in [6.45, 7) is 3.89. The van der Waals surface area contributed by atoms with Gasteiger partial charge >= 0.3 is 0 Å². The molecule has 0 spiro atoms. The number of benzene rings is 1. The van der Waals surface area contributed by atoms with E-state index in [1.807, 2.05) is 13.8 Å². The molecule has 0 atom stereocenters. The van der Waals surface area contributed by atoms with Crippen molar-refractivity contribution in [1.82, 2.24) is 4.98 Å². The number of halogens is 1. The summed E-state index contributed by atoms with van der Waals surface area (Å²) in [5.41, 5.74) is 2.16. The van der Waals surface area contributed by atoms with Gasteiger partial charge in [0.15, 0.2) is 5.13 Å². The number of amides is 1. The summed E-state index contributed by atoms with van der Waals surface area (Å²) < 4.78 is 0. The maximum Gasteiger partial charge on any atom is 0.259 e. The van der Waals surface area contributed by atoms with E-state index in [4.69, 9.17) is 11.6 Å². The highest BCUT2D eigenvalue weighted by molar-refractivity contribution is 7.15. The predicted molar refractivity (Wildman–Crippen MR) is 80.5 cm³/mol. The van der Waals surface area contributed by atoms with Gasteiger partial charge in [0.2, 0.25) is 0 Å². The Morgan fingerprint density at radius 1 is 1.37 bits per heavy atom. The third-order valence-corrected chi connectivity index (χ3v) is 3.97. The average Bonchev–Trinajstić information content (AvgIpc) is 2.68. The zero-order valence-electron chi connectivity index (χ0n) is 10.9. The molecule has 100 valence electrons. The summed E-state index contributed by atoms with van der Waals surface area (Å²) in [4.78, 5) is 17.6. The number of rotatable bonds is 3. The lowest BCUT2D eigenvalue weighted by atomic mass is 10.1. The fraction of sp³-hybridized carbons (Fsp3) is 0.231. The van der Waals surface area contributed by atoms with Crippen molar-refractivity contribution in [3.63, 3.8) is 0 Å². The number of aromatic nitrogens is 1. The van der Waals surface area contributed by atoms with Crippen molar-refractivity contribution < 1.29 is 4.79 Å². The Morgan fingerprint density at radius 3 is 2.68 bits per heavy atom. The second kappa shape index (κ2) is 5.59. The molecule has 2 rings (SSSR count). The molecule has 1 aromatic heterocycles. The van der Waals surface area contributed by atoms with Crippen LogP contribution in [0.25, 0.3) is 0 Å². The quantitative estimate of drug-likeness (QED) is 0.907. The van der Waals surface area contributed by atoms with Crippen molar-refractivity contribution in [1.29, 1.82) is 0 Å². The summed E-state index contributed by atoms with van der Waals surface area (Å²) >= 11 is 7.39. The smallest absolute Gasteiger partial charge is 0.259 e. The van der Waals surface area contributed by atoms with E-state index in [2.05, 4.69) is 15.6 Å². The van der Waals surface area contributed by atoms with Crippen LogP contribution >= 0.6 is 22.9 Å². The molecule has 2 N–H and O–H groups in total. The van der Waals surface area contributed by atoms with Gasteiger partial charge in [-0.3, -0.25) is 10.1 Å². The Morgan fingerprint density at radius 2 is 2.11 bits per heavy atom. The molecule has 0 saturated carbocycles. The normalized spacial score (nSPS) is 10.3. The molecular weight excluding hydrogens is 282 g/mol. The van der Waals surface area contributed by atoms with Gasteiger partial charge in [-0.25, -0.2) is 4.98 Å². The van der Waals surface area contributed by atoms with E-state index in [0.717, 1.165) is 16.3 Å². The van der Waals surface area contributed by atoms with Gasteiger partial charge in [-0.05, 0) is 32.0 Å². The monoisotopic (exact) mass is 295 g/mol. The number of carbonyl (C=O) groups is 1. The Kier molecular flexibility index (Phi) is 4.07. The molecule has 1 amide bonds. The van der Waals surface area contributed by atoms with Gasteiger partial charge in [-0.2, -0.15) is 0 Å². The maximum absolute atomic E-state index is 12.2. The molecule has 1 heterocycles. The average molecular weight is 296 g/mol. The minimum absolute atomic E-state index is 0.222. The fourth-order valence-corrected chi connectivity index (χ4v) is 2.59. The van der Waals surface area contributed by atoms with Crippen LogP contribution < -0.4 is 10.6 Å². The summed E-state index contributed by atoms with van der Waals surface area (Å²) in [6, 6.07) is 5.15. The zero-order valence-corrected chi connectivity index (χ0v) is 12.4. The molecule has 19 heavy (non-hydrogen) atoms. The molecule has 0 bridgehead atoms. The summed E-state index contributed by atoms with van der Waals surface area (Å²) in [7, 11) is 1.76. The molecule has 0 saturated heterocycles. The Hall–Kier alpha value is -1.59. The summed E-state index contributed by atoms with van der Waals surface area (Å²) in [5, 5.41) is 6.88. The lowest BCUT2D eigenvalue weighted by molar-refractivity contribution is 0.102. The van der Waals surface area contributed by atoms with Gasteiger partial charge in [0.1, 0.15) is 0 Å². The number of hydrogen-bond donors (Lipinski definition) is 2. The highest BCUT2D eigenvalue weighted by Gasteiger charge is 2.14. The summed E-state index contributed by atoms with van der Waals surface area (Å²) in [5.74, 6) is -0.222. The van der Waals surface area contributed by atoms with E-state index >= 15 is 0 Å². The first-order valence-electron chi connectivity index (χ1n) is 5.74. The molecule has 4 nitrogen and oxygen atoms in total. The highest BCUT2D eigenvalue weighted by atomic mass is 35.5. The minimum Gasteiger partial charge on any atom is -0.387 e. The third-order valence-electron chi connectivity index (χ3n) is 2.74. The van der Waals surface area contributed by atoms with Crippen LogP contribution in [0.3, 0.4) is 0 Å². The largest absolute Gasteiger partial charge is 0.387 e. The van der Waals surface area contributed by atoms with Gasteiger partial charge in [0.05, 0.1) is 11.3 Å². The van der Waals surface area contributed by atoms with E-state index in [-0.39, 0.29) is 5.91 Å². The summed E-state index contributed by atoms with van der Waals surface area (Å²) in [6.07, 6.45) is 0. The minimum atomic E-state index is -0.222. The number of nitrogens with zero attached hydrogens (tertiary/aromatic N) is 1. The Labute approximate surface area is 120 Å². The molecular formula is C13H14ClN3OS. The Balaban J connectivity index is 2.27. The first-order valence-corrected chi connectivity index (χ1v) is 6.93. The van der Waals surface area contributed by atoms with Crippen molar-refractivity contribution >= 4 is 39.7 Å². The molecule has 0 unspecified atom stereocenters. The van der Waals surface area contributed by atoms with E-state index < -0.39 is 0 Å². The molecule has 1 aromatic carbocycles. The van der Waals surface area contributed by atoms with Crippen LogP contribution in [-0.2, 0) is 0 Å². The molecule has 0 aliphatic carbocycles. The highest BCUT2D eigenvalue weighted by Crippen LogP contribution is 2.24. The third kappa shape index (κ3) is 3.05. The Bertz CT molecular complexity index is 605. The van der Waals surface area contributed by atoms with Gasteiger partial charge in [0, 0.05) is 22.6 Å². The molecule has 2 aromatic rings.